The summed E-state index contributed by atoms with van der Waals surface area (Å²) in [6, 6.07) is 9.96. The third-order valence-corrected chi connectivity index (χ3v) is 7.44. The van der Waals surface area contributed by atoms with E-state index in [1.807, 2.05) is 12.1 Å². The van der Waals surface area contributed by atoms with E-state index in [0.29, 0.717) is 30.2 Å². The molecule has 0 bridgehead atoms. The van der Waals surface area contributed by atoms with Gasteiger partial charge in [0.15, 0.2) is 0 Å². The lowest BCUT2D eigenvalue weighted by atomic mass is 10.3. The zero-order valence-electron chi connectivity index (χ0n) is 14.3. The van der Waals surface area contributed by atoms with Crippen LogP contribution < -0.4 is 10.0 Å². The lowest BCUT2D eigenvalue weighted by molar-refractivity contribution is -0.113. The minimum Gasteiger partial charge on any atom is -0.325 e. The van der Waals surface area contributed by atoms with Crippen LogP contribution in [0, 0.1) is 0 Å². The van der Waals surface area contributed by atoms with Crippen LogP contribution in [-0.2, 0) is 20.6 Å². The van der Waals surface area contributed by atoms with Gasteiger partial charge in [-0.3, -0.25) is 14.5 Å². The molecule has 0 unspecified atom stereocenters. The highest BCUT2D eigenvalue weighted by atomic mass is 35.5. The van der Waals surface area contributed by atoms with Crippen LogP contribution in [0.4, 0.5) is 5.69 Å². The Balaban J connectivity index is 1.55. The first-order valence-electron chi connectivity index (χ1n) is 8.20. The fraction of sp³-hybridized carbons (Fsp3) is 0.294. The van der Waals surface area contributed by atoms with E-state index in [4.69, 9.17) is 11.6 Å². The smallest absolute Gasteiger partial charge is 0.262 e. The lowest BCUT2D eigenvalue weighted by Gasteiger charge is -2.10. The Morgan fingerprint density at radius 1 is 1.30 bits per heavy atom. The standard InChI is InChI=1S/C17H18ClN3O3S3/c18-15-7-6-13(26-15)10-25-11-17(22)20-12-3-1-4-14(9-12)27(23,24)21-16-5-2-8-19-16/h1,3-4,6-7,9H,2,5,8,10-11H2,(H,19,21)(H,20,22). The summed E-state index contributed by atoms with van der Waals surface area (Å²) in [5, 5.41) is 2.73. The number of anilines is 1. The van der Waals surface area contributed by atoms with Crippen molar-refractivity contribution < 1.29 is 13.2 Å². The molecule has 6 nitrogen and oxygen atoms in total. The van der Waals surface area contributed by atoms with Crippen LogP contribution in [-0.4, -0.2) is 32.5 Å². The second-order valence-corrected chi connectivity index (χ2v) is 10.3. The Kier molecular flexibility index (Phi) is 6.80. The normalized spacial score (nSPS) is 14.0. The number of carbonyl (C=O) groups is 1. The van der Waals surface area contributed by atoms with Crippen LogP contribution in [0.3, 0.4) is 0 Å². The third-order valence-electron chi connectivity index (χ3n) is 3.66. The van der Waals surface area contributed by atoms with Crippen molar-refractivity contribution >= 4 is 62.2 Å². The summed E-state index contributed by atoms with van der Waals surface area (Å²) in [5.41, 5.74) is 0.441. The number of amidine groups is 1. The molecular formula is C17H18ClN3O3S3. The summed E-state index contributed by atoms with van der Waals surface area (Å²) in [6.07, 6.45) is 1.48. The first-order valence-corrected chi connectivity index (χ1v) is 12.0. The second kappa shape index (κ2) is 9.09. The summed E-state index contributed by atoms with van der Waals surface area (Å²) >= 11 is 8.84. The zero-order chi connectivity index (χ0) is 19.3. The molecule has 0 saturated heterocycles. The number of thiophene rings is 1. The van der Waals surface area contributed by atoms with E-state index in [0.717, 1.165) is 15.6 Å². The Hall–Kier alpha value is -1.55. The van der Waals surface area contributed by atoms with E-state index in [1.54, 1.807) is 12.1 Å². The number of nitrogens with one attached hydrogen (secondary N) is 2. The third kappa shape index (κ3) is 5.97. The van der Waals surface area contributed by atoms with Gasteiger partial charge < -0.3 is 5.32 Å². The first-order chi connectivity index (χ1) is 12.9. The Morgan fingerprint density at radius 2 is 2.15 bits per heavy atom. The van der Waals surface area contributed by atoms with Crippen molar-refractivity contribution in [2.45, 2.75) is 23.5 Å². The number of sulfonamides is 1. The van der Waals surface area contributed by atoms with Crippen LogP contribution in [0.2, 0.25) is 4.34 Å². The largest absolute Gasteiger partial charge is 0.325 e. The van der Waals surface area contributed by atoms with Crippen LogP contribution >= 0.6 is 34.7 Å². The summed E-state index contributed by atoms with van der Waals surface area (Å²) in [4.78, 5) is 17.4. The van der Waals surface area contributed by atoms with Gasteiger partial charge in [0.1, 0.15) is 5.84 Å². The van der Waals surface area contributed by atoms with E-state index in [2.05, 4.69) is 15.0 Å². The zero-order valence-corrected chi connectivity index (χ0v) is 17.5. The molecule has 1 amide bonds. The van der Waals surface area contributed by atoms with Gasteiger partial charge >= 0.3 is 0 Å². The number of hydrogen-bond donors (Lipinski definition) is 2. The molecule has 1 aliphatic rings. The number of carbonyl (C=O) groups excluding carboxylic acids is 1. The van der Waals surface area contributed by atoms with E-state index in [1.165, 1.54) is 35.2 Å². The minimum atomic E-state index is -3.70. The second-order valence-electron chi connectivity index (χ2n) is 5.81. The number of hydrogen-bond acceptors (Lipinski definition) is 6. The molecule has 10 heteroatoms. The van der Waals surface area contributed by atoms with Crippen molar-refractivity contribution in [3.63, 3.8) is 0 Å². The van der Waals surface area contributed by atoms with Crippen molar-refractivity contribution in [2.75, 3.05) is 17.6 Å². The minimum absolute atomic E-state index is 0.0933. The Bertz CT molecular complexity index is 957. The highest BCUT2D eigenvalue weighted by Gasteiger charge is 2.18. The van der Waals surface area contributed by atoms with Gasteiger partial charge in [0, 0.05) is 29.3 Å². The number of halogens is 1. The molecule has 0 aliphatic carbocycles. The molecule has 0 spiro atoms. The molecule has 2 aromatic rings. The van der Waals surface area contributed by atoms with E-state index in [-0.39, 0.29) is 16.6 Å². The molecule has 0 atom stereocenters. The van der Waals surface area contributed by atoms with Crippen molar-refractivity contribution in [3.8, 4) is 0 Å². The van der Waals surface area contributed by atoms with Gasteiger partial charge in [0.2, 0.25) is 5.91 Å². The van der Waals surface area contributed by atoms with Crippen LogP contribution in [0.5, 0.6) is 0 Å². The van der Waals surface area contributed by atoms with Crippen molar-refractivity contribution in [3.05, 3.63) is 45.6 Å². The van der Waals surface area contributed by atoms with Gasteiger partial charge in [-0.05, 0) is 36.8 Å². The van der Waals surface area contributed by atoms with Crippen molar-refractivity contribution in [1.82, 2.24) is 4.72 Å². The summed E-state index contributed by atoms with van der Waals surface area (Å²) in [7, 11) is -3.70. The first kappa shape index (κ1) is 20.2. The maximum absolute atomic E-state index is 12.4. The van der Waals surface area contributed by atoms with Gasteiger partial charge in [-0.15, -0.1) is 23.1 Å². The van der Waals surface area contributed by atoms with Gasteiger partial charge in [-0.25, -0.2) is 8.42 Å². The molecule has 27 heavy (non-hydrogen) atoms. The molecule has 144 valence electrons. The average molecular weight is 444 g/mol. The number of amides is 1. The molecule has 1 aromatic carbocycles. The van der Waals surface area contributed by atoms with Gasteiger partial charge in [-0.1, -0.05) is 17.7 Å². The predicted molar refractivity (Wildman–Crippen MR) is 112 cm³/mol. The topological polar surface area (TPSA) is 87.6 Å². The van der Waals surface area contributed by atoms with Crippen molar-refractivity contribution in [2.24, 2.45) is 4.99 Å². The summed E-state index contributed by atoms with van der Waals surface area (Å²) < 4.78 is 28.1. The summed E-state index contributed by atoms with van der Waals surface area (Å²) in [6.45, 7) is 0.642. The van der Waals surface area contributed by atoms with Crippen LogP contribution in [0.25, 0.3) is 0 Å². The van der Waals surface area contributed by atoms with E-state index in [9.17, 15) is 13.2 Å². The maximum Gasteiger partial charge on any atom is 0.262 e. The molecule has 0 saturated carbocycles. The molecule has 0 fully saturated rings. The number of rotatable bonds is 7. The highest BCUT2D eigenvalue weighted by Crippen LogP contribution is 2.25. The maximum atomic E-state index is 12.4. The van der Waals surface area contributed by atoms with Crippen LogP contribution in [0.15, 0.2) is 46.3 Å². The molecule has 3 rings (SSSR count). The molecular weight excluding hydrogens is 426 g/mol. The Morgan fingerprint density at radius 3 is 2.85 bits per heavy atom. The SMILES string of the molecule is O=C(CSCc1ccc(Cl)s1)Nc1cccc(S(=O)(=O)NC2=NCCC2)c1. The molecule has 1 aliphatic heterocycles. The molecule has 2 heterocycles. The Labute approximate surface area is 171 Å². The van der Waals surface area contributed by atoms with E-state index >= 15 is 0 Å². The number of aliphatic imine (C=N–C) groups is 1. The fourth-order valence-electron chi connectivity index (χ4n) is 2.45. The quantitative estimate of drug-likeness (QED) is 0.682. The van der Waals surface area contributed by atoms with Gasteiger partial charge in [-0.2, -0.15) is 0 Å². The fourth-order valence-corrected chi connectivity index (χ4v) is 5.61. The average Bonchev–Trinajstić information content (AvgIpc) is 3.26. The summed E-state index contributed by atoms with van der Waals surface area (Å²) in [5.74, 6) is 1.26. The molecule has 1 aromatic heterocycles. The molecule has 2 N–H and O–H groups in total. The number of thioether (sulfide) groups is 1. The number of nitrogens with zero attached hydrogens (tertiary/aromatic N) is 1. The lowest BCUT2D eigenvalue weighted by Crippen LogP contribution is -2.29. The number of benzene rings is 1. The molecule has 0 radical (unpaired) electrons. The highest BCUT2D eigenvalue weighted by molar-refractivity contribution is 7.99. The monoisotopic (exact) mass is 443 g/mol. The van der Waals surface area contributed by atoms with Crippen LogP contribution in [0.1, 0.15) is 17.7 Å². The van der Waals surface area contributed by atoms with Gasteiger partial charge in [0.05, 0.1) is 15.0 Å². The van der Waals surface area contributed by atoms with E-state index < -0.39 is 10.0 Å². The van der Waals surface area contributed by atoms with Crippen molar-refractivity contribution in [1.29, 1.82) is 0 Å². The van der Waals surface area contributed by atoms with Gasteiger partial charge in [0.25, 0.3) is 10.0 Å². The predicted octanol–water partition coefficient (Wildman–Crippen LogP) is 3.74.